The first kappa shape index (κ1) is 14.7. The Balaban J connectivity index is 2.34. The Morgan fingerprint density at radius 1 is 1.35 bits per heavy atom. The lowest BCUT2D eigenvalue weighted by Gasteiger charge is -2.26. The largest absolute Gasteiger partial charge is 0.303 e. The molecule has 2 rings (SSSR count). The first-order chi connectivity index (χ1) is 9.42. The fourth-order valence-corrected chi connectivity index (χ4v) is 2.55. The molecule has 1 unspecified atom stereocenters. The highest BCUT2D eigenvalue weighted by molar-refractivity contribution is 6.30. The monoisotopic (exact) mass is 293 g/mol. The van der Waals surface area contributed by atoms with Gasteiger partial charge in [0.25, 0.3) is 0 Å². The molecule has 0 saturated carbocycles. The van der Waals surface area contributed by atoms with Gasteiger partial charge in [0.1, 0.15) is 6.29 Å². The summed E-state index contributed by atoms with van der Waals surface area (Å²) in [7, 11) is 0. The fourth-order valence-electron chi connectivity index (χ4n) is 2.42. The number of benzene rings is 1. The maximum absolute atomic E-state index is 12.5. The zero-order valence-electron chi connectivity index (χ0n) is 11.4. The van der Waals surface area contributed by atoms with Gasteiger partial charge < -0.3 is 4.79 Å². The van der Waals surface area contributed by atoms with Gasteiger partial charge in [-0.15, -0.1) is 0 Å². The molecule has 2 atom stereocenters. The van der Waals surface area contributed by atoms with E-state index in [0.29, 0.717) is 17.1 Å². The van der Waals surface area contributed by atoms with E-state index in [9.17, 15) is 14.4 Å². The van der Waals surface area contributed by atoms with Gasteiger partial charge in [-0.05, 0) is 30.7 Å². The first-order valence-corrected chi connectivity index (χ1v) is 6.89. The Morgan fingerprint density at radius 2 is 1.95 bits per heavy atom. The van der Waals surface area contributed by atoms with E-state index < -0.39 is 11.3 Å². The van der Waals surface area contributed by atoms with Gasteiger partial charge in [-0.25, -0.2) is 0 Å². The van der Waals surface area contributed by atoms with Crippen LogP contribution in [0.15, 0.2) is 24.3 Å². The van der Waals surface area contributed by atoms with Crippen LogP contribution in [0.3, 0.4) is 0 Å². The minimum atomic E-state index is -0.798. The second kappa shape index (κ2) is 5.37. The number of carbonyl (C=O) groups is 3. The highest BCUT2D eigenvalue weighted by atomic mass is 35.5. The van der Waals surface area contributed by atoms with Crippen LogP contribution in [0.2, 0.25) is 5.02 Å². The average Bonchev–Trinajstić information content (AvgIpc) is 2.75. The van der Waals surface area contributed by atoms with Crippen molar-refractivity contribution in [2.45, 2.75) is 26.7 Å². The van der Waals surface area contributed by atoms with Gasteiger partial charge in [-0.3, -0.25) is 14.5 Å². The van der Waals surface area contributed by atoms with Crippen LogP contribution in [-0.4, -0.2) is 18.1 Å². The van der Waals surface area contributed by atoms with Crippen molar-refractivity contribution < 1.29 is 14.4 Å². The van der Waals surface area contributed by atoms with Gasteiger partial charge >= 0.3 is 0 Å². The van der Waals surface area contributed by atoms with Crippen molar-refractivity contribution in [1.29, 1.82) is 0 Å². The van der Waals surface area contributed by atoms with E-state index in [0.717, 1.165) is 11.2 Å². The predicted molar refractivity (Wildman–Crippen MR) is 76.5 cm³/mol. The van der Waals surface area contributed by atoms with Crippen LogP contribution in [-0.2, 0) is 14.4 Å². The number of imide groups is 1. The van der Waals surface area contributed by atoms with E-state index in [4.69, 9.17) is 11.6 Å². The van der Waals surface area contributed by atoms with Gasteiger partial charge in [0, 0.05) is 16.9 Å². The van der Waals surface area contributed by atoms with Crippen LogP contribution in [0, 0.1) is 11.3 Å². The van der Waals surface area contributed by atoms with Gasteiger partial charge in [0.05, 0.1) is 11.6 Å². The number of rotatable bonds is 4. The van der Waals surface area contributed by atoms with E-state index in [1.807, 2.05) is 6.92 Å². The molecule has 1 aromatic rings. The SMILES string of the molecule is CCC(C)(C=O)[C@@H]1CC(=O)N(c2ccc(Cl)cc2)C1=O. The predicted octanol–water partition coefficient (Wildman–Crippen LogP) is 2.83. The normalized spacial score (nSPS) is 21.9. The van der Waals surface area contributed by atoms with Crippen molar-refractivity contribution >= 4 is 35.4 Å². The molecule has 0 aliphatic carbocycles. The molecule has 106 valence electrons. The van der Waals surface area contributed by atoms with E-state index in [-0.39, 0.29) is 18.2 Å². The van der Waals surface area contributed by atoms with E-state index >= 15 is 0 Å². The molecule has 5 heteroatoms. The third kappa shape index (κ3) is 2.36. The van der Waals surface area contributed by atoms with Crippen molar-refractivity contribution in [3.63, 3.8) is 0 Å². The van der Waals surface area contributed by atoms with E-state index in [1.54, 1.807) is 31.2 Å². The number of anilines is 1. The summed E-state index contributed by atoms with van der Waals surface area (Å²) in [6.45, 7) is 3.57. The van der Waals surface area contributed by atoms with Crippen LogP contribution in [0.4, 0.5) is 5.69 Å². The zero-order valence-corrected chi connectivity index (χ0v) is 12.2. The molecule has 1 aliphatic heterocycles. The number of aldehydes is 1. The van der Waals surface area contributed by atoms with E-state index in [2.05, 4.69) is 0 Å². The molecule has 1 aromatic carbocycles. The number of carbonyl (C=O) groups excluding carboxylic acids is 3. The van der Waals surface area contributed by atoms with Crippen LogP contribution in [0.25, 0.3) is 0 Å². The third-order valence-corrected chi connectivity index (χ3v) is 4.31. The summed E-state index contributed by atoms with van der Waals surface area (Å²) in [6, 6.07) is 6.52. The second-order valence-electron chi connectivity index (χ2n) is 5.28. The van der Waals surface area contributed by atoms with Crippen LogP contribution >= 0.6 is 11.6 Å². The van der Waals surface area contributed by atoms with E-state index in [1.165, 1.54) is 0 Å². The number of amides is 2. The Morgan fingerprint density at radius 3 is 2.45 bits per heavy atom. The quantitative estimate of drug-likeness (QED) is 0.633. The number of hydrogen-bond donors (Lipinski definition) is 0. The molecule has 1 fully saturated rings. The Bertz CT molecular complexity index is 555. The van der Waals surface area contributed by atoms with Gasteiger partial charge in [0.15, 0.2) is 0 Å². The summed E-state index contributed by atoms with van der Waals surface area (Å²) in [5, 5.41) is 0.538. The number of nitrogens with zero attached hydrogens (tertiary/aromatic N) is 1. The molecular formula is C15H16ClNO3. The summed E-state index contributed by atoms with van der Waals surface area (Å²) >= 11 is 5.80. The molecule has 0 radical (unpaired) electrons. The average molecular weight is 294 g/mol. The Labute approximate surface area is 122 Å². The fraction of sp³-hybridized carbons (Fsp3) is 0.400. The Hall–Kier alpha value is -1.68. The zero-order chi connectivity index (χ0) is 14.9. The van der Waals surface area contributed by atoms with Crippen LogP contribution in [0.5, 0.6) is 0 Å². The maximum atomic E-state index is 12.5. The minimum absolute atomic E-state index is 0.0739. The van der Waals surface area contributed by atoms with Crippen molar-refractivity contribution in [2.24, 2.45) is 11.3 Å². The summed E-state index contributed by atoms with van der Waals surface area (Å²) < 4.78 is 0. The van der Waals surface area contributed by atoms with Gasteiger partial charge in [0.2, 0.25) is 11.8 Å². The number of hydrogen-bond acceptors (Lipinski definition) is 3. The molecule has 20 heavy (non-hydrogen) atoms. The standard InChI is InChI=1S/C15H16ClNO3/c1-3-15(2,9-18)12-8-13(19)17(14(12)20)11-6-4-10(16)5-7-11/h4-7,9,12H,3,8H2,1-2H3/t12-,15?/m1/s1. The van der Waals surface area contributed by atoms with Crippen LogP contribution < -0.4 is 4.90 Å². The third-order valence-electron chi connectivity index (χ3n) is 4.06. The molecule has 0 N–H and O–H groups in total. The first-order valence-electron chi connectivity index (χ1n) is 6.51. The molecule has 2 amide bonds. The highest BCUT2D eigenvalue weighted by Crippen LogP contribution is 2.39. The summed E-state index contributed by atoms with van der Waals surface area (Å²) in [4.78, 5) is 37.0. The molecule has 1 aliphatic rings. The van der Waals surface area contributed by atoms with Crippen molar-refractivity contribution in [3.8, 4) is 0 Å². The molecule has 0 aromatic heterocycles. The van der Waals surface area contributed by atoms with Crippen molar-refractivity contribution in [2.75, 3.05) is 4.90 Å². The lowest BCUT2D eigenvalue weighted by molar-refractivity contribution is -0.130. The molecule has 1 saturated heterocycles. The topological polar surface area (TPSA) is 54.5 Å². The summed E-state index contributed by atoms with van der Waals surface area (Å²) in [6.07, 6.45) is 1.38. The molecule has 4 nitrogen and oxygen atoms in total. The highest BCUT2D eigenvalue weighted by Gasteiger charge is 2.48. The smallest absolute Gasteiger partial charge is 0.238 e. The van der Waals surface area contributed by atoms with Gasteiger partial charge in [-0.2, -0.15) is 0 Å². The van der Waals surface area contributed by atoms with Gasteiger partial charge in [-0.1, -0.05) is 25.4 Å². The van der Waals surface area contributed by atoms with Crippen LogP contribution in [0.1, 0.15) is 26.7 Å². The summed E-state index contributed by atoms with van der Waals surface area (Å²) in [5.74, 6) is -1.18. The molecule has 0 bridgehead atoms. The van der Waals surface area contributed by atoms with Crippen molar-refractivity contribution in [1.82, 2.24) is 0 Å². The molecular weight excluding hydrogens is 278 g/mol. The Kier molecular flexibility index (Phi) is 3.95. The second-order valence-corrected chi connectivity index (χ2v) is 5.71. The lowest BCUT2D eigenvalue weighted by atomic mass is 9.75. The molecule has 0 spiro atoms. The maximum Gasteiger partial charge on any atom is 0.238 e. The number of halogens is 1. The molecule has 1 heterocycles. The summed E-state index contributed by atoms with van der Waals surface area (Å²) in [5.41, 5.74) is -0.301. The van der Waals surface area contributed by atoms with Crippen molar-refractivity contribution in [3.05, 3.63) is 29.3 Å². The minimum Gasteiger partial charge on any atom is -0.303 e. The lowest BCUT2D eigenvalue weighted by Crippen LogP contribution is -2.37.